The number of hydrogen-bond acceptors (Lipinski definition) is 3. The Morgan fingerprint density at radius 3 is 3.11 bits per heavy atom. The lowest BCUT2D eigenvalue weighted by molar-refractivity contribution is 0.244. The molecule has 2 unspecified atom stereocenters. The molecule has 0 aliphatic carbocycles. The summed E-state index contributed by atoms with van der Waals surface area (Å²) in [4.78, 5) is 0. The third-order valence-electron chi connectivity index (χ3n) is 3.61. The molecule has 4 heteroatoms. The summed E-state index contributed by atoms with van der Waals surface area (Å²) in [5.41, 5.74) is 1.31. The quantitative estimate of drug-likeness (QED) is 0.893. The predicted octanol–water partition coefficient (Wildman–Crippen LogP) is 3.76. The van der Waals surface area contributed by atoms with E-state index in [-0.39, 0.29) is 0 Å². The molecule has 1 saturated heterocycles. The van der Waals surface area contributed by atoms with E-state index in [0.29, 0.717) is 12.1 Å². The van der Waals surface area contributed by atoms with Gasteiger partial charge in [0.15, 0.2) is 0 Å². The molecule has 2 heterocycles. The SMILES string of the molecule is Brc1ccc2c(c1)C(NC1CCCSC1)CCO2. The molecule has 1 aromatic carbocycles. The summed E-state index contributed by atoms with van der Waals surface area (Å²) in [6.45, 7) is 0.826. The molecule has 1 aromatic rings. The van der Waals surface area contributed by atoms with Crippen molar-refractivity contribution in [2.75, 3.05) is 18.1 Å². The van der Waals surface area contributed by atoms with Gasteiger partial charge in [0.2, 0.25) is 0 Å². The van der Waals surface area contributed by atoms with E-state index >= 15 is 0 Å². The van der Waals surface area contributed by atoms with Gasteiger partial charge in [0, 0.05) is 34.3 Å². The highest BCUT2D eigenvalue weighted by molar-refractivity contribution is 9.10. The Bertz CT molecular complexity index is 420. The molecule has 0 spiro atoms. The molecule has 0 bridgehead atoms. The number of thioether (sulfide) groups is 1. The largest absolute Gasteiger partial charge is 0.493 e. The van der Waals surface area contributed by atoms with E-state index in [0.717, 1.165) is 23.2 Å². The van der Waals surface area contributed by atoms with Crippen LogP contribution in [0.25, 0.3) is 0 Å². The number of hydrogen-bond donors (Lipinski definition) is 1. The zero-order valence-corrected chi connectivity index (χ0v) is 12.7. The van der Waals surface area contributed by atoms with Gasteiger partial charge in [0.1, 0.15) is 5.75 Å². The first-order valence-corrected chi connectivity index (χ1v) is 8.54. The van der Waals surface area contributed by atoms with Gasteiger partial charge < -0.3 is 10.1 Å². The molecular formula is C14H18BrNOS. The first-order valence-electron chi connectivity index (χ1n) is 6.59. The van der Waals surface area contributed by atoms with E-state index in [9.17, 15) is 0 Å². The third-order valence-corrected chi connectivity index (χ3v) is 5.32. The number of halogens is 1. The van der Waals surface area contributed by atoms with Crippen LogP contribution in [0.5, 0.6) is 5.75 Å². The third kappa shape index (κ3) is 2.86. The maximum absolute atomic E-state index is 5.73. The summed E-state index contributed by atoms with van der Waals surface area (Å²) >= 11 is 5.63. The lowest BCUT2D eigenvalue weighted by Gasteiger charge is -2.32. The van der Waals surface area contributed by atoms with Crippen LogP contribution in [0.2, 0.25) is 0 Å². The minimum atomic E-state index is 0.454. The van der Waals surface area contributed by atoms with Gasteiger partial charge in [-0.2, -0.15) is 11.8 Å². The van der Waals surface area contributed by atoms with Gasteiger partial charge >= 0.3 is 0 Å². The Kier molecular flexibility index (Phi) is 4.16. The van der Waals surface area contributed by atoms with Crippen molar-refractivity contribution in [1.29, 1.82) is 0 Å². The second-order valence-corrected chi connectivity index (χ2v) is 7.02. The molecule has 2 aliphatic heterocycles. The van der Waals surface area contributed by atoms with Crippen molar-refractivity contribution in [1.82, 2.24) is 5.32 Å². The topological polar surface area (TPSA) is 21.3 Å². The maximum Gasteiger partial charge on any atom is 0.124 e. The number of fused-ring (bicyclic) bond motifs is 1. The van der Waals surface area contributed by atoms with Crippen LogP contribution in [0.15, 0.2) is 22.7 Å². The fraction of sp³-hybridized carbons (Fsp3) is 0.571. The number of nitrogens with one attached hydrogen (secondary N) is 1. The highest BCUT2D eigenvalue weighted by Gasteiger charge is 2.25. The normalized spacial score (nSPS) is 27.4. The Morgan fingerprint density at radius 2 is 2.28 bits per heavy atom. The number of rotatable bonds is 2. The molecule has 18 heavy (non-hydrogen) atoms. The van der Waals surface area contributed by atoms with Gasteiger partial charge in [-0.15, -0.1) is 0 Å². The summed E-state index contributed by atoms with van der Waals surface area (Å²) < 4.78 is 6.87. The van der Waals surface area contributed by atoms with Crippen molar-refractivity contribution in [2.24, 2.45) is 0 Å². The smallest absolute Gasteiger partial charge is 0.124 e. The first-order chi connectivity index (χ1) is 8.83. The molecular weight excluding hydrogens is 310 g/mol. The maximum atomic E-state index is 5.73. The van der Waals surface area contributed by atoms with E-state index in [4.69, 9.17) is 4.74 Å². The summed E-state index contributed by atoms with van der Waals surface area (Å²) in [5, 5.41) is 3.82. The van der Waals surface area contributed by atoms with Crippen LogP contribution in [0, 0.1) is 0 Å². The monoisotopic (exact) mass is 327 g/mol. The minimum Gasteiger partial charge on any atom is -0.493 e. The Hall–Kier alpha value is -0.190. The van der Waals surface area contributed by atoms with E-state index in [1.54, 1.807) is 0 Å². The Morgan fingerprint density at radius 1 is 1.33 bits per heavy atom. The summed E-state index contributed by atoms with van der Waals surface area (Å²) in [6.07, 6.45) is 3.73. The summed E-state index contributed by atoms with van der Waals surface area (Å²) in [6, 6.07) is 7.44. The zero-order chi connectivity index (χ0) is 12.4. The Balaban J connectivity index is 1.75. The van der Waals surface area contributed by atoms with Crippen LogP contribution >= 0.6 is 27.7 Å². The average molecular weight is 328 g/mol. The fourth-order valence-corrected chi connectivity index (χ4v) is 4.16. The van der Waals surface area contributed by atoms with Gasteiger partial charge in [-0.25, -0.2) is 0 Å². The zero-order valence-electron chi connectivity index (χ0n) is 10.3. The summed E-state index contributed by atoms with van der Waals surface area (Å²) in [7, 11) is 0. The second-order valence-electron chi connectivity index (χ2n) is 4.95. The van der Waals surface area contributed by atoms with Gasteiger partial charge in [0.25, 0.3) is 0 Å². The van der Waals surface area contributed by atoms with Crippen molar-refractivity contribution in [3.05, 3.63) is 28.2 Å². The van der Waals surface area contributed by atoms with E-state index < -0.39 is 0 Å². The predicted molar refractivity (Wildman–Crippen MR) is 80.5 cm³/mol. The molecule has 1 N–H and O–H groups in total. The number of benzene rings is 1. The van der Waals surface area contributed by atoms with Crippen LogP contribution < -0.4 is 10.1 Å². The Labute approximate surface area is 121 Å². The van der Waals surface area contributed by atoms with Crippen LogP contribution in [-0.4, -0.2) is 24.2 Å². The fourth-order valence-electron chi connectivity index (χ4n) is 2.70. The lowest BCUT2D eigenvalue weighted by Crippen LogP contribution is -2.38. The molecule has 1 fully saturated rings. The molecule has 2 atom stereocenters. The molecule has 0 amide bonds. The van der Waals surface area contributed by atoms with Crippen molar-refractivity contribution in [3.63, 3.8) is 0 Å². The van der Waals surface area contributed by atoms with Crippen LogP contribution in [0.4, 0.5) is 0 Å². The molecule has 0 radical (unpaired) electrons. The van der Waals surface area contributed by atoms with E-state index in [1.807, 2.05) is 0 Å². The second kappa shape index (κ2) is 5.85. The molecule has 2 nitrogen and oxygen atoms in total. The molecule has 3 rings (SSSR count). The molecule has 0 saturated carbocycles. The van der Waals surface area contributed by atoms with E-state index in [1.165, 1.54) is 29.9 Å². The molecule has 0 aromatic heterocycles. The van der Waals surface area contributed by atoms with Gasteiger partial charge in [-0.1, -0.05) is 15.9 Å². The van der Waals surface area contributed by atoms with Crippen LogP contribution in [0.3, 0.4) is 0 Å². The standard InChI is InChI=1S/C14H18BrNOS/c15-10-3-4-14-12(8-10)13(5-6-17-14)16-11-2-1-7-18-9-11/h3-4,8,11,13,16H,1-2,5-7,9H2. The van der Waals surface area contributed by atoms with Crippen molar-refractivity contribution in [2.45, 2.75) is 31.3 Å². The lowest BCUT2D eigenvalue weighted by atomic mass is 9.99. The molecule has 98 valence electrons. The molecule has 2 aliphatic rings. The summed E-state index contributed by atoms with van der Waals surface area (Å²) in [5.74, 6) is 3.62. The number of ether oxygens (including phenoxy) is 1. The first kappa shape index (κ1) is 12.8. The van der Waals surface area contributed by atoms with Gasteiger partial charge in [0.05, 0.1) is 6.61 Å². The highest BCUT2D eigenvalue weighted by Crippen LogP contribution is 2.35. The van der Waals surface area contributed by atoms with Crippen molar-refractivity contribution >= 4 is 27.7 Å². The van der Waals surface area contributed by atoms with Gasteiger partial charge in [-0.05, 0) is 36.8 Å². The highest BCUT2D eigenvalue weighted by atomic mass is 79.9. The van der Waals surface area contributed by atoms with Crippen molar-refractivity contribution < 1.29 is 4.74 Å². The van der Waals surface area contributed by atoms with Crippen LogP contribution in [-0.2, 0) is 0 Å². The van der Waals surface area contributed by atoms with E-state index in [2.05, 4.69) is 51.2 Å². The van der Waals surface area contributed by atoms with Crippen LogP contribution in [0.1, 0.15) is 30.9 Å². The van der Waals surface area contributed by atoms with Crippen molar-refractivity contribution in [3.8, 4) is 5.75 Å². The minimum absolute atomic E-state index is 0.454. The average Bonchev–Trinajstić information content (AvgIpc) is 2.41. The van der Waals surface area contributed by atoms with Gasteiger partial charge in [-0.3, -0.25) is 0 Å².